The average molecular weight is 225 g/mol. The topological polar surface area (TPSA) is 18.5 Å². The van der Waals surface area contributed by atoms with Gasteiger partial charge in [0.15, 0.2) is 0 Å². The van der Waals surface area contributed by atoms with Crippen LogP contribution in [-0.2, 0) is 0 Å². The van der Waals surface area contributed by atoms with Gasteiger partial charge in [0.1, 0.15) is 0 Å². The number of hydrogen-bond acceptors (Lipinski definition) is 3. The molecule has 0 bridgehead atoms. The van der Waals surface area contributed by atoms with Gasteiger partial charge in [-0.25, -0.2) is 0 Å². The molecular weight excluding hydrogens is 198 g/mol. The van der Waals surface area contributed by atoms with E-state index < -0.39 is 0 Å². The average Bonchev–Trinajstić information content (AvgIpc) is 2.18. The SMILES string of the molecule is CC(NCCN1CCN(C)CC1)C1CCC1. The molecule has 94 valence electrons. The number of rotatable bonds is 5. The highest BCUT2D eigenvalue weighted by molar-refractivity contribution is 4.80. The minimum atomic E-state index is 0.737. The molecule has 0 aromatic heterocycles. The van der Waals surface area contributed by atoms with Crippen LogP contribution in [-0.4, -0.2) is 62.2 Å². The zero-order valence-corrected chi connectivity index (χ0v) is 10.9. The van der Waals surface area contributed by atoms with Crippen molar-refractivity contribution in [2.24, 2.45) is 5.92 Å². The lowest BCUT2D eigenvalue weighted by atomic mass is 9.80. The lowest BCUT2D eigenvalue weighted by molar-refractivity contribution is 0.150. The third-order valence-corrected chi connectivity index (χ3v) is 4.35. The summed E-state index contributed by atoms with van der Waals surface area (Å²) in [7, 11) is 2.22. The zero-order chi connectivity index (χ0) is 11.4. The van der Waals surface area contributed by atoms with Gasteiger partial charge in [0.25, 0.3) is 0 Å². The minimum absolute atomic E-state index is 0.737. The molecule has 3 nitrogen and oxygen atoms in total. The molecule has 0 radical (unpaired) electrons. The van der Waals surface area contributed by atoms with E-state index in [4.69, 9.17) is 0 Å². The number of likely N-dealkylation sites (N-methyl/N-ethyl adjacent to an activating group) is 1. The number of nitrogens with zero attached hydrogens (tertiary/aromatic N) is 2. The molecule has 3 heteroatoms. The molecule has 1 saturated heterocycles. The maximum atomic E-state index is 3.69. The summed E-state index contributed by atoms with van der Waals surface area (Å²) in [6.07, 6.45) is 4.35. The normalized spacial score (nSPS) is 26.6. The molecule has 0 aromatic rings. The molecule has 2 aliphatic rings. The van der Waals surface area contributed by atoms with E-state index in [1.165, 1.54) is 58.5 Å². The van der Waals surface area contributed by atoms with Crippen LogP contribution >= 0.6 is 0 Å². The third kappa shape index (κ3) is 3.44. The predicted octanol–water partition coefficient (Wildman–Crippen LogP) is 1.01. The van der Waals surface area contributed by atoms with Crippen molar-refractivity contribution in [3.8, 4) is 0 Å². The highest BCUT2D eigenvalue weighted by Crippen LogP contribution is 2.29. The van der Waals surface area contributed by atoms with Gasteiger partial charge in [0.05, 0.1) is 0 Å². The van der Waals surface area contributed by atoms with E-state index in [0.29, 0.717) is 0 Å². The first kappa shape index (κ1) is 12.3. The monoisotopic (exact) mass is 225 g/mol. The Morgan fingerprint density at radius 3 is 2.44 bits per heavy atom. The van der Waals surface area contributed by atoms with E-state index in [0.717, 1.165) is 12.0 Å². The van der Waals surface area contributed by atoms with Crippen LogP contribution in [0, 0.1) is 5.92 Å². The van der Waals surface area contributed by atoms with Crippen molar-refractivity contribution >= 4 is 0 Å². The molecule has 1 N–H and O–H groups in total. The van der Waals surface area contributed by atoms with Crippen molar-refractivity contribution in [1.29, 1.82) is 0 Å². The Bertz CT molecular complexity index is 195. The fourth-order valence-electron chi connectivity index (χ4n) is 2.63. The number of nitrogens with one attached hydrogen (secondary N) is 1. The van der Waals surface area contributed by atoms with Crippen molar-refractivity contribution in [2.75, 3.05) is 46.3 Å². The first-order valence-electron chi connectivity index (χ1n) is 6.90. The third-order valence-electron chi connectivity index (χ3n) is 4.35. The van der Waals surface area contributed by atoms with E-state index in [1.54, 1.807) is 0 Å². The molecule has 1 unspecified atom stereocenters. The Morgan fingerprint density at radius 1 is 1.19 bits per heavy atom. The standard InChI is InChI=1S/C13H27N3/c1-12(13-4-3-5-13)14-6-7-16-10-8-15(2)9-11-16/h12-14H,3-11H2,1-2H3. The van der Waals surface area contributed by atoms with Crippen molar-refractivity contribution in [3.63, 3.8) is 0 Å². The highest BCUT2D eigenvalue weighted by atomic mass is 15.2. The second-order valence-corrected chi connectivity index (χ2v) is 5.58. The van der Waals surface area contributed by atoms with Crippen LogP contribution in [0.1, 0.15) is 26.2 Å². The quantitative estimate of drug-likeness (QED) is 0.753. The smallest absolute Gasteiger partial charge is 0.0110 e. The second kappa shape index (κ2) is 5.99. The largest absolute Gasteiger partial charge is 0.313 e. The maximum Gasteiger partial charge on any atom is 0.0110 e. The van der Waals surface area contributed by atoms with Crippen molar-refractivity contribution in [2.45, 2.75) is 32.2 Å². The van der Waals surface area contributed by atoms with Crippen LogP contribution in [0.4, 0.5) is 0 Å². The van der Waals surface area contributed by atoms with Gasteiger partial charge >= 0.3 is 0 Å². The van der Waals surface area contributed by atoms with Gasteiger partial charge in [-0.05, 0) is 32.7 Å². The molecule has 1 aliphatic carbocycles. The summed E-state index contributed by atoms with van der Waals surface area (Å²) >= 11 is 0. The summed E-state index contributed by atoms with van der Waals surface area (Å²) in [6, 6.07) is 0.737. The molecule has 0 aromatic carbocycles. The first-order chi connectivity index (χ1) is 7.75. The van der Waals surface area contributed by atoms with Gasteiger partial charge in [-0.2, -0.15) is 0 Å². The Hall–Kier alpha value is -0.120. The molecule has 2 fully saturated rings. The van der Waals surface area contributed by atoms with Crippen molar-refractivity contribution in [1.82, 2.24) is 15.1 Å². The van der Waals surface area contributed by atoms with Crippen LogP contribution in [0.25, 0.3) is 0 Å². The predicted molar refractivity (Wildman–Crippen MR) is 68.7 cm³/mol. The molecule has 2 rings (SSSR count). The molecule has 16 heavy (non-hydrogen) atoms. The zero-order valence-electron chi connectivity index (χ0n) is 10.9. The van der Waals surface area contributed by atoms with E-state index in [2.05, 4.69) is 29.1 Å². The van der Waals surface area contributed by atoms with Gasteiger partial charge in [0.2, 0.25) is 0 Å². The second-order valence-electron chi connectivity index (χ2n) is 5.58. The molecular formula is C13H27N3. The molecule has 1 heterocycles. The molecule has 1 saturated carbocycles. The van der Waals surface area contributed by atoms with E-state index in [9.17, 15) is 0 Å². The summed E-state index contributed by atoms with van der Waals surface area (Å²) in [6.45, 7) is 9.71. The van der Waals surface area contributed by atoms with E-state index in [1.807, 2.05) is 0 Å². The molecule has 0 amide bonds. The van der Waals surface area contributed by atoms with Crippen molar-refractivity contribution < 1.29 is 0 Å². The lowest BCUT2D eigenvalue weighted by Crippen LogP contribution is -2.48. The number of hydrogen-bond donors (Lipinski definition) is 1. The van der Waals surface area contributed by atoms with Gasteiger partial charge in [-0.15, -0.1) is 0 Å². The Kier molecular flexibility index (Phi) is 4.62. The van der Waals surface area contributed by atoms with E-state index >= 15 is 0 Å². The lowest BCUT2D eigenvalue weighted by Gasteiger charge is -2.34. The Labute approximate surface area is 100 Å². The fourth-order valence-corrected chi connectivity index (χ4v) is 2.63. The molecule has 0 spiro atoms. The Morgan fingerprint density at radius 2 is 1.88 bits per heavy atom. The minimum Gasteiger partial charge on any atom is -0.313 e. The summed E-state index contributed by atoms with van der Waals surface area (Å²) in [4.78, 5) is 5.00. The van der Waals surface area contributed by atoms with E-state index in [-0.39, 0.29) is 0 Å². The van der Waals surface area contributed by atoms with Gasteiger partial charge in [-0.1, -0.05) is 6.42 Å². The van der Waals surface area contributed by atoms with Gasteiger partial charge in [0, 0.05) is 45.3 Å². The van der Waals surface area contributed by atoms with Crippen LogP contribution in [0.3, 0.4) is 0 Å². The maximum absolute atomic E-state index is 3.69. The summed E-state index contributed by atoms with van der Waals surface area (Å²) in [5.74, 6) is 0.965. The van der Waals surface area contributed by atoms with Crippen LogP contribution in [0.5, 0.6) is 0 Å². The van der Waals surface area contributed by atoms with Gasteiger partial charge < -0.3 is 10.2 Å². The highest BCUT2D eigenvalue weighted by Gasteiger charge is 2.23. The summed E-state index contributed by atoms with van der Waals surface area (Å²) in [5, 5.41) is 3.69. The first-order valence-corrected chi connectivity index (χ1v) is 6.90. The number of piperazine rings is 1. The summed E-state index contributed by atoms with van der Waals surface area (Å²) < 4.78 is 0. The fraction of sp³-hybridized carbons (Fsp3) is 1.00. The molecule has 1 atom stereocenters. The summed E-state index contributed by atoms with van der Waals surface area (Å²) in [5.41, 5.74) is 0. The van der Waals surface area contributed by atoms with Crippen LogP contribution < -0.4 is 5.32 Å². The van der Waals surface area contributed by atoms with Gasteiger partial charge in [-0.3, -0.25) is 4.90 Å². The Balaban J connectivity index is 1.53. The van der Waals surface area contributed by atoms with Crippen molar-refractivity contribution in [3.05, 3.63) is 0 Å². The van der Waals surface area contributed by atoms with Crippen LogP contribution in [0.2, 0.25) is 0 Å². The molecule has 1 aliphatic heterocycles. The van der Waals surface area contributed by atoms with Crippen LogP contribution in [0.15, 0.2) is 0 Å².